The van der Waals surface area contributed by atoms with Gasteiger partial charge >= 0.3 is 0 Å². The van der Waals surface area contributed by atoms with Crippen LogP contribution in [0.15, 0.2) is 54.6 Å². The topological polar surface area (TPSA) is 70.7 Å². The second kappa shape index (κ2) is 7.04. The molecule has 1 aromatic heterocycles. The summed E-state index contributed by atoms with van der Waals surface area (Å²) in [6.07, 6.45) is 0. The van der Waals surface area contributed by atoms with Gasteiger partial charge in [-0.15, -0.1) is 0 Å². The molecule has 122 valence electrons. The number of hydrogen-bond acceptors (Lipinski definition) is 3. The summed E-state index contributed by atoms with van der Waals surface area (Å²) in [6.45, 7) is 2.53. The van der Waals surface area contributed by atoms with Crippen LogP contribution in [0.4, 0.5) is 4.39 Å². The Morgan fingerprint density at radius 3 is 2.54 bits per heavy atom. The van der Waals surface area contributed by atoms with Crippen LogP contribution in [0.5, 0.6) is 0 Å². The Morgan fingerprint density at radius 2 is 1.83 bits per heavy atom. The molecule has 2 aromatic carbocycles. The first-order chi connectivity index (χ1) is 11.6. The van der Waals surface area contributed by atoms with Gasteiger partial charge in [-0.05, 0) is 35.7 Å². The molecule has 1 atom stereocenters. The minimum atomic E-state index is -0.343. The summed E-state index contributed by atoms with van der Waals surface area (Å²) in [6, 6.07) is 15.7. The van der Waals surface area contributed by atoms with E-state index < -0.39 is 0 Å². The van der Waals surface area contributed by atoms with Crippen LogP contribution in [0.2, 0.25) is 0 Å². The highest BCUT2D eigenvalue weighted by atomic mass is 19.1. The lowest BCUT2D eigenvalue weighted by molar-refractivity contribution is 0.0947. The van der Waals surface area contributed by atoms with Crippen molar-refractivity contribution >= 4 is 5.91 Å². The Hall–Kier alpha value is -3.02. The molecule has 1 heterocycles. The van der Waals surface area contributed by atoms with Gasteiger partial charge in [0.25, 0.3) is 5.91 Å². The number of carbonyl (C=O) groups excluding carboxylic acids is 1. The third-order valence-corrected chi connectivity index (χ3v) is 3.82. The standard InChI is InChI=1S/C18H17FN4O/c1-12(13-5-3-2-4-6-13)11-20-18(24)17-16(21-23-22-17)14-7-9-15(19)10-8-14/h2-10,12H,11H2,1H3,(H,20,24)(H,21,22,23). The maximum Gasteiger partial charge on any atom is 0.274 e. The first-order valence-electron chi connectivity index (χ1n) is 7.65. The van der Waals surface area contributed by atoms with Gasteiger partial charge in [0.2, 0.25) is 0 Å². The van der Waals surface area contributed by atoms with Crippen LogP contribution in [0.1, 0.15) is 28.9 Å². The lowest BCUT2D eigenvalue weighted by Crippen LogP contribution is -2.28. The summed E-state index contributed by atoms with van der Waals surface area (Å²) in [5, 5.41) is 13.3. The van der Waals surface area contributed by atoms with Crippen molar-refractivity contribution in [2.24, 2.45) is 0 Å². The average Bonchev–Trinajstić information content (AvgIpc) is 3.10. The molecule has 1 amide bonds. The summed E-state index contributed by atoms with van der Waals surface area (Å²) in [5.41, 5.74) is 2.38. The van der Waals surface area contributed by atoms with Crippen molar-refractivity contribution < 1.29 is 9.18 Å². The van der Waals surface area contributed by atoms with Gasteiger partial charge in [0.1, 0.15) is 11.5 Å². The molecule has 0 aliphatic carbocycles. The normalized spacial score (nSPS) is 11.9. The molecule has 0 saturated heterocycles. The molecular formula is C18H17FN4O. The summed E-state index contributed by atoms with van der Waals surface area (Å²) in [5.74, 6) is -0.480. The molecule has 2 N–H and O–H groups in total. The molecule has 3 aromatic rings. The molecule has 3 rings (SSSR count). The zero-order valence-electron chi connectivity index (χ0n) is 13.2. The van der Waals surface area contributed by atoms with E-state index >= 15 is 0 Å². The number of aromatic nitrogens is 3. The highest BCUT2D eigenvalue weighted by Crippen LogP contribution is 2.20. The van der Waals surface area contributed by atoms with E-state index in [0.717, 1.165) is 5.56 Å². The maximum absolute atomic E-state index is 13.0. The van der Waals surface area contributed by atoms with E-state index in [1.807, 2.05) is 37.3 Å². The summed E-state index contributed by atoms with van der Waals surface area (Å²) in [7, 11) is 0. The molecule has 5 nitrogen and oxygen atoms in total. The van der Waals surface area contributed by atoms with Crippen molar-refractivity contribution in [2.45, 2.75) is 12.8 Å². The second-order valence-electron chi connectivity index (χ2n) is 5.55. The van der Waals surface area contributed by atoms with Crippen LogP contribution in [0.3, 0.4) is 0 Å². The zero-order chi connectivity index (χ0) is 16.9. The number of carbonyl (C=O) groups is 1. The Balaban J connectivity index is 1.70. The van der Waals surface area contributed by atoms with Gasteiger partial charge in [0.15, 0.2) is 5.69 Å². The number of hydrogen-bond donors (Lipinski definition) is 2. The Morgan fingerprint density at radius 1 is 1.12 bits per heavy atom. The minimum Gasteiger partial charge on any atom is -0.350 e. The molecule has 0 bridgehead atoms. The molecule has 0 saturated carbocycles. The van der Waals surface area contributed by atoms with E-state index in [4.69, 9.17) is 0 Å². The first-order valence-corrected chi connectivity index (χ1v) is 7.65. The van der Waals surface area contributed by atoms with Gasteiger partial charge in [-0.2, -0.15) is 15.4 Å². The molecule has 0 aliphatic heterocycles. The van der Waals surface area contributed by atoms with Gasteiger partial charge in [0.05, 0.1) is 0 Å². The number of H-pyrrole nitrogens is 1. The number of benzene rings is 2. The maximum atomic E-state index is 13.0. The molecule has 1 unspecified atom stereocenters. The summed E-state index contributed by atoms with van der Waals surface area (Å²) < 4.78 is 13.0. The van der Waals surface area contributed by atoms with Gasteiger partial charge in [-0.3, -0.25) is 4.79 Å². The van der Waals surface area contributed by atoms with E-state index in [-0.39, 0.29) is 23.3 Å². The highest BCUT2D eigenvalue weighted by Gasteiger charge is 2.18. The number of amides is 1. The van der Waals surface area contributed by atoms with E-state index in [0.29, 0.717) is 17.8 Å². The fraction of sp³-hybridized carbons (Fsp3) is 0.167. The lowest BCUT2D eigenvalue weighted by Gasteiger charge is -2.12. The largest absolute Gasteiger partial charge is 0.350 e. The van der Waals surface area contributed by atoms with E-state index in [2.05, 4.69) is 20.7 Å². The van der Waals surface area contributed by atoms with Crippen LogP contribution in [-0.2, 0) is 0 Å². The smallest absolute Gasteiger partial charge is 0.274 e. The third-order valence-electron chi connectivity index (χ3n) is 3.82. The highest BCUT2D eigenvalue weighted by molar-refractivity contribution is 5.97. The minimum absolute atomic E-state index is 0.177. The van der Waals surface area contributed by atoms with Crippen molar-refractivity contribution in [3.63, 3.8) is 0 Å². The Bertz CT molecular complexity index is 815. The van der Waals surface area contributed by atoms with Crippen LogP contribution in [0, 0.1) is 5.82 Å². The fourth-order valence-corrected chi connectivity index (χ4v) is 2.43. The van der Waals surface area contributed by atoms with Crippen LogP contribution in [0.25, 0.3) is 11.3 Å². The van der Waals surface area contributed by atoms with E-state index in [1.165, 1.54) is 12.1 Å². The van der Waals surface area contributed by atoms with E-state index in [9.17, 15) is 9.18 Å². The number of nitrogens with one attached hydrogen (secondary N) is 2. The summed E-state index contributed by atoms with van der Waals surface area (Å²) >= 11 is 0. The number of nitrogens with zero attached hydrogens (tertiary/aromatic N) is 2. The SMILES string of the molecule is CC(CNC(=O)c1n[nH]nc1-c1ccc(F)cc1)c1ccccc1. The summed E-state index contributed by atoms with van der Waals surface area (Å²) in [4.78, 5) is 12.4. The molecule has 0 aliphatic rings. The van der Waals surface area contributed by atoms with E-state index in [1.54, 1.807) is 12.1 Å². The molecule has 0 fully saturated rings. The van der Waals surface area contributed by atoms with Crippen molar-refractivity contribution in [3.8, 4) is 11.3 Å². The monoisotopic (exact) mass is 324 g/mol. The molecule has 6 heteroatoms. The first kappa shape index (κ1) is 15.9. The molecule has 24 heavy (non-hydrogen) atoms. The fourth-order valence-electron chi connectivity index (χ4n) is 2.43. The zero-order valence-corrected chi connectivity index (χ0v) is 13.2. The van der Waals surface area contributed by atoms with Gasteiger partial charge in [-0.25, -0.2) is 4.39 Å². The van der Waals surface area contributed by atoms with Crippen LogP contribution < -0.4 is 5.32 Å². The molecule has 0 radical (unpaired) electrons. The van der Waals surface area contributed by atoms with Crippen molar-refractivity contribution in [1.29, 1.82) is 0 Å². The van der Waals surface area contributed by atoms with Crippen molar-refractivity contribution in [3.05, 3.63) is 71.7 Å². The van der Waals surface area contributed by atoms with Gasteiger partial charge < -0.3 is 5.32 Å². The lowest BCUT2D eigenvalue weighted by atomic mass is 10.0. The average molecular weight is 324 g/mol. The van der Waals surface area contributed by atoms with Gasteiger partial charge in [-0.1, -0.05) is 37.3 Å². The number of aromatic amines is 1. The third kappa shape index (κ3) is 3.48. The predicted octanol–water partition coefficient (Wildman–Crippen LogP) is 3.14. The van der Waals surface area contributed by atoms with Gasteiger partial charge in [0, 0.05) is 12.1 Å². The molecule has 0 spiro atoms. The number of halogens is 1. The Kier molecular flexibility index (Phi) is 4.65. The van der Waals surface area contributed by atoms with Crippen LogP contribution in [-0.4, -0.2) is 27.9 Å². The predicted molar refractivity (Wildman–Crippen MR) is 89.0 cm³/mol. The molecular weight excluding hydrogens is 307 g/mol. The van der Waals surface area contributed by atoms with Crippen molar-refractivity contribution in [2.75, 3.05) is 6.54 Å². The van der Waals surface area contributed by atoms with Crippen molar-refractivity contribution in [1.82, 2.24) is 20.7 Å². The second-order valence-corrected chi connectivity index (χ2v) is 5.55. The Labute approximate surface area is 138 Å². The van der Waals surface area contributed by atoms with Crippen LogP contribution >= 0.6 is 0 Å². The quantitative estimate of drug-likeness (QED) is 0.757. The number of rotatable bonds is 5.